The van der Waals surface area contributed by atoms with Crippen molar-refractivity contribution in [3.8, 4) is 0 Å². The predicted octanol–water partition coefficient (Wildman–Crippen LogP) is 3.96. The highest BCUT2D eigenvalue weighted by atomic mass is 35.5. The molecular formula is C13H10ClN3S. The van der Waals surface area contributed by atoms with Gasteiger partial charge in [-0.05, 0) is 24.3 Å². The summed E-state index contributed by atoms with van der Waals surface area (Å²) in [6.45, 7) is 0.721. The van der Waals surface area contributed by atoms with E-state index in [-0.39, 0.29) is 0 Å². The number of aromatic nitrogens is 2. The Bertz CT molecular complexity index is 675. The first-order chi connectivity index (χ1) is 8.83. The van der Waals surface area contributed by atoms with Crippen molar-refractivity contribution in [3.63, 3.8) is 0 Å². The van der Waals surface area contributed by atoms with E-state index < -0.39 is 0 Å². The van der Waals surface area contributed by atoms with Crippen LogP contribution in [-0.2, 0) is 6.54 Å². The summed E-state index contributed by atoms with van der Waals surface area (Å²) in [5.41, 5.74) is 2.06. The Morgan fingerprint density at radius 2 is 2.11 bits per heavy atom. The summed E-state index contributed by atoms with van der Waals surface area (Å²) in [5, 5.41) is 4.51. The molecule has 0 unspecified atom stereocenters. The number of hydrogen-bond donors (Lipinski definition) is 1. The minimum atomic E-state index is 0.575. The van der Waals surface area contributed by atoms with E-state index in [1.54, 1.807) is 12.4 Å². The number of rotatable bonds is 3. The van der Waals surface area contributed by atoms with Crippen molar-refractivity contribution in [1.82, 2.24) is 9.97 Å². The van der Waals surface area contributed by atoms with Crippen LogP contribution in [0.3, 0.4) is 0 Å². The lowest BCUT2D eigenvalue weighted by atomic mass is 10.2. The molecule has 2 heterocycles. The van der Waals surface area contributed by atoms with Gasteiger partial charge in [0.2, 0.25) is 0 Å². The van der Waals surface area contributed by atoms with Gasteiger partial charge < -0.3 is 5.32 Å². The summed E-state index contributed by atoms with van der Waals surface area (Å²) in [6, 6.07) is 10.1. The number of nitrogens with zero attached hydrogens (tertiary/aromatic N) is 2. The highest BCUT2D eigenvalue weighted by Crippen LogP contribution is 2.23. The van der Waals surface area contributed by atoms with Crippen molar-refractivity contribution in [3.05, 3.63) is 52.1 Å². The van der Waals surface area contributed by atoms with Gasteiger partial charge in [-0.2, -0.15) is 0 Å². The molecule has 3 nitrogen and oxygen atoms in total. The first-order valence-corrected chi connectivity index (χ1v) is 6.70. The Morgan fingerprint density at radius 3 is 2.94 bits per heavy atom. The summed E-state index contributed by atoms with van der Waals surface area (Å²) >= 11 is 7.30. The van der Waals surface area contributed by atoms with Crippen molar-refractivity contribution >= 4 is 39.5 Å². The Labute approximate surface area is 113 Å². The molecule has 0 aliphatic heterocycles. The molecule has 0 saturated carbocycles. The summed E-state index contributed by atoms with van der Waals surface area (Å²) in [5.74, 6) is 0. The Morgan fingerprint density at radius 1 is 1.17 bits per heavy atom. The van der Waals surface area contributed by atoms with Crippen molar-refractivity contribution in [2.75, 3.05) is 5.32 Å². The lowest BCUT2D eigenvalue weighted by Crippen LogP contribution is -1.98. The molecule has 0 radical (unpaired) electrons. The van der Waals surface area contributed by atoms with E-state index in [2.05, 4.69) is 21.4 Å². The fraction of sp³-hybridized carbons (Fsp3) is 0.0769. The largest absolute Gasteiger partial charge is 0.380 e. The minimum absolute atomic E-state index is 0.575. The zero-order valence-corrected chi connectivity index (χ0v) is 11.0. The highest BCUT2D eigenvalue weighted by molar-refractivity contribution is 7.15. The van der Waals surface area contributed by atoms with Crippen LogP contribution >= 0.6 is 22.9 Å². The molecule has 1 N–H and O–H groups in total. The zero-order chi connectivity index (χ0) is 12.4. The Balaban J connectivity index is 1.86. The fourth-order valence-corrected chi connectivity index (χ4v) is 2.72. The normalized spacial score (nSPS) is 10.7. The van der Waals surface area contributed by atoms with Crippen molar-refractivity contribution in [2.24, 2.45) is 0 Å². The standard InChI is InChI=1S/C13H10ClN3S/c14-13-17-8-9(18-13)7-16-12-5-1-4-11-10(12)3-2-6-15-11/h1-6,8,16H,7H2. The third-order valence-corrected chi connectivity index (χ3v) is 3.74. The Kier molecular flexibility index (Phi) is 3.13. The maximum absolute atomic E-state index is 5.81. The summed E-state index contributed by atoms with van der Waals surface area (Å²) in [7, 11) is 0. The molecule has 3 rings (SSSR count). The monoisotopic (exact) mass is 275 g/mol. The first-order valence-electron chi connectivity index (χ1n) is 5.51. The van der Waals surface area contributed by atoms with Crippen LogP contribution in [-0.4, -0.2) is 9.97 Å². The van der Waals surface area contributed by atoms with E-state index in [1.165, 1.54) is 11.3 Å². The van der Waals surface area contributed by atoms with Gasteiger partial charge in [-0.15, -0.1) is 11.3 Å². The zero-order valence-electron chi connectivity index (χ0n) is 9.43. The van der Waals surface area contributed by atoms with Gasteiger partial charge in [0, 0.05) is 28.3 Å². The predicted molar refractivity (Wildman–Crippen MR) is 76.2 cm³/mol. The van der Waals surface area contributed by atoms with Crippen molar-refractivity contribution < 1.29 is 0 Å². The van der Waals surface area contributed by atoms with E-state index in [1.807, 2.05) is 24.3 Å². The molecule has 1 aromatic carbocycles. The molecule has 0 amide bonds. The number of nitrogens with one attached hydrogen (secondary N) is 1. The molecule has 0 saturated heterocycles. The molecule has 0 aliphatic carbocycles. The van der Waals surface area contributed by atoms with Crippen LogP contribution in [0.25, 0.3) is 10.9 Å². The van der Waals surface area contributed by atoms with Crippen LogP contribution < -0.4 is 5.32 Å². The molecule has 0 bridgehead atoms. The van der Waals surface area contributed by atoms with E-state index >= 15 is 0 Å². The molecule has 5 heteroatoms. The molecule has 90 valence electrons. The van der Waals surface area contributed by atoms with E-state index in [4.69, 9.17) is 11.6 Å². The lowest BCUT2D eigenvalue weighted by molar-refractivity contribution is 1.18. The maximum Gasteiger partial charge on any atom is 0.183 e. The van der Waals surface area contributed by atoms with E-state index in [9.17, 15) is 0 Å². The third kappa shape index (κ3) is 2.30. The second-order valence-corrected chi connectivity index (χ2v) is 5.51. The van der Waals surface area contributed by atoms with Crippen LogP contribution in [0.4, 0.5) is 5.69 Å². The second kappa shape index (κ2) is 4.92. The lowest BCUT2D eigenvalue weighted by Gasteiger charge is -2.07. The fourth-order valence-electron chi connectivity index (χ4n) is 1.81. The van der Waals surface area contributed by atoms with Gasteiger partial charge in [-0.25, -0.2) is 4.98 Å². The molecule has 0 fully saturated rings. The number of benzene rings is 1. The minimum Gasteiger partial charge on any atom is -0.380 e. The van der Waals surface area contributed by atoms with Gasteiger partial charge in [-0.1, -0.05) is 17.7 Å². The van der Waals surface area contributed by atoms with Crippen LogP contribution in [0, 0.1) is 0 Å². The van der Waals surface area contributed by atoms with Crippen molar-refractivity contribution in [1.29, 1.82) is 0 Å². The van der Waals surface area contributed by atoms with Gasteiger partial charge >= 0.3 is 0 Å². The molecule has 0 spiro atoms. The van der Waals surface area contributed by atoms with E-state index in [0.29, 0.717) is 4.47 Å². The van der Waals surface area contributed by atoms with Crippen LogP contribution in [0.5, 0.6) is 0 Å². The van der Waals surface area contributed by atoms with Crippen LogP contribution in [0.2, 0.25) is 4.47 Å². The number of halogens is 1. The van der Waals surface area contributed by atoms with E-state index in [0.717, 1.165) is 28.0 Å². The summed E-state index contributed by atoms with van der Waals surface area (Å²) < 4.78 is 0.575. The second-order valence-electron chi connectivity index (χ2n) is 3.81. The van der Waals surface area contributed by atoms with Gasteiger partial charge in [0.15, 0.2) is 4.47 Å². The summed E-state index contributed by atoms with van der Waals surface area (Å²) in [4.78, 5) is 9.46. The van der Waals surface area contributed by atoms with Gasteiger partial charge in [0.25, 0.3) is 0 Å². The van der Waals surface area contributed by atoms with Crippen molar-refractivity contribution in [2.45, 2.75) is 6.54 Å². The topological polar surface area (TPSA) is 37.8 Å². The summed E-state index contributed by atoms with van der Waals surface area (Å²) in [6.07, 6.45) is 3.60. The molecule has 0 atom stereocenters. The first kappa shape index (κ1) is 11.4. The maximum atomic E-state index is 5.81. The third-order valence-electron chi connectivity index (χ3n) is 2.62. The number of pyridine rings is 1. The van der Waals surface area contributed by atoms with Gasteiger partial charge in [0.05, 0.1) is 12.1 Å². The number of fused-ring (bicyclic) bond motifs is 1. The average molecular weight is 276 g/mol. The van der Waals surface area contributed by atoms with Gasteiger partial charge in [-0.3, -0.25) is 4.98 Å². The number of anilines is 1. The van der Waals surface area contributed by atoms with Gasteiger partial charge in [0.1, 0.15) is 0 Å². The molecular weight excluding hydrogens is 266 g/mol. The molecule has 18 heavy (non-hydrogen) atoms. The van der Waals surface area contributed by atoms with Crippen LogP contribution in [0.15, 0.2) is 42.7 Å². The quantitative estimate of drug-likeness (QED) is 0.786. The number of thiazole rings is 1. The number of hydrogen-bond acceptors (Lipinski definition) is 4. The Hall–Kier alpha value is -1.65. The highest BCUT2D eigenvalue weighted by Gasteiger charge is 2.02. The van der Waals surface area contributed by atoms with Crippen LogP contribution in [0.1, 0.15) is 4.88 Å². The molecule has 3 aromatic rings. The molecule has 2 aromatic heterocycles. The SMILES string of the molecule is Clc1ncc(CNc2cccc3ncccc23)s1. The smallest absolute Gasteiger partial charge is 0.183 e. The molecule has 0 aliphatic rings. The average Bonchev–Trinajstić information content (AvgIpc) is 2.82.